The van der Waals surface area contributed by atoms with Gasteiger partial charge in [-0.2, -0.15) is 4.98 Å². The fourth-order valence-electron chi connectivity index (χ4n) is 2.70. The van der Waals surface area contributed by atoms with Gasteiger partial charge in [-0.25, -0.2) is 15.1 Å². The zero-order valence-corrected chi connectivity index (χ0v) is 13.1. The lowest BCUT2D eigenvalue weighted by atomic mass is 10.1. The van der Waals surface area contributed by atoms with Crippen LogP contribution in [0.1, 0.15) is 19.1 Å². The number of nitrogens with zero attached hydrogens (tertiary/aromatic N) is 2. The third kappa shape index (κ3) is 3.65. The van der Waals surface area contributed by atoms with E-state index in [1.54, 1.807) is 0 Å². The molecular weight excluding hydrogens is 338 g/mol. The molecule has 0 radical (unpaired) electrons. The van der Waals surface area contributed by atoms with Crippen LogP contribution in [0.4, 0.5) is 5.82 Å². The van der Waals surface area contributed by atoms with Crippen molar-refractivity contribution in [1.29, 1.82) is 0 Å². The van der Waals surface area contributed by atoms with Gasteiger partial charge in [0.05, 0.1) is 6.61 Å². The molecule has 2 saturated heterocycles. The molecule has 138 valence electrons. The van der Waals surface area contributed by atoms with Gasteiger partial charge in [0.1, 0.15) is 18.3 Å². The second-order valence-electron chi connectivity index (χ2n) is 5.76. The molecule has 2 aliphatic rings. The van der Waals surface area contributed by atoms with Crippen LogP contribution >= 0.6 is 0 Å². The fourth-order valence-corrected chi connectivity index (χ4v) is 2.70. The Hall–Kier alpha value is -2.05. The van der Waals surface area contributed by atoms with Crippen LogP contribution in [-0.4, -0.2) is 68.5 Å². The van der Waals surface area contributed by atoms with Crippen molar-refractivity contribution in [2.75, 3.05) is 18.7 Å². The number of anilines is 1. The molecule has 0 bridgehead atoms. The third-order valence-electron chi connectivity index (χ3n) is 4.07. The molecule has 4 N–H and O–H groups in total. The molecule has 2 aliphatic heterocycles. The summed E-state index contributed by atoms with van der Waals surface area (Å²) in [5, 5.41) is 28.7. The predicted molar refractivity (Wildman–Crippen MR) is 80.2 cm³/mol. The maximum Gasteiger partial charge on any atom is 0.360 e. The van der Waals surface area contributed by atoms with Crippen molar-refractivity contribution in [2.45, 2.75) is 43.5 Å². The SMILES string of the molecule is O=C(ONc1ccn([C@@H]2O[C@H](CO)[C@@H](O)[C@H]2O)c(=O)n1)[C@@H]1CCCO1. The Morgan fingerprint density at radius 3 is 2.84 bits per heavy atom. The van der Waals surface area contributed by atoms with Crippen LogP contribution in [0.5, 0.6) is 0 Å². The van der Waals surface area contributed by atoms with Gasteiger partial charge in [0.2, 0.25) is 0 Å². The lowest BCUT2D eigenvalue weighted by molar-refractivity contribution is -0.151. The van der Waals surface area contributed by atoms with Crippen LogP contribution in [0, 0.1) is 0 Å². The van der Waals surface area contributed by atoms with E-state index >= 15 is 0 Å². The molecule has 11 nitrogen and oxygen atoms in total. The zero-order valence-electron chi connectivity index (χ0n) is 13.1. The largest absolute Gasteiger partial charge is 0.394 e. The quantitative estimate of drug-likeness (QED) is 0.431. The van der Waals surface area contributed by atoms with Crippen LogP contribution in [0.2, 0.25) is 0 Å². The highest BCUT2D eigenvalue weighted by atomic mass is 16.7. The molecular formula is C14H19N3O8. The molecule has 2 fully saturated rings. The first-order chi connectivity index (χ1) is 12.0. The number of ether oxygens (including phenoxy) is 2. The van der Waals surface area contributed by atoms with Crippen molar-refractivity contribution in [2.24, 2.45) is 0 Å². The molecule has 1 aromatic heterocycles. The summed E-state index contributed by atoms with van der Waals surface area (Å²) in [7, 11) is 0. The van der Waals surface area contributed by atoms with Gasteiger partial charge in [-0.15, -0.1) is 0 Å². The summed E-state index contributed by atoms with van der Waals surface area (Å²) in [5.41, 5.74) is 1.48. The highest BCUT2D eigenvalue weighted by Gasteiger charge is 2.43. The van der Waals surface area contributed by atoms with E-state index in [1.807, 2.05) is 0 Å². The van der Waals surface area contributed by atoms with E-state index < -0.39 is 48.9 Å². The van der Waals surface area contributed by atoms with Crippen molar-refractivity contribution >= 4 is 11.8 Å². The van der Waals surface area contributed by atoms with Crippen molar-refractivity contribution < 1.29 is 34.4 Å². The van der Waals surface area contributed by atoms with E-state index in [9.17, 15) is 19.8 Å². The number of rotatable bonds is 5. The van der Waals surface area contributed by atoms with Crippen LogP contribution in [0.25, 0.3) is 0 Å². The Balaban J connectivity index is 1.65. The van der Waals surface area contributed by atoms with Gasteiger partial charge in [0.25, 0.3) is 0 Å². The summed E-state index contributed by atoms with van der Waals surface area (Å²) in [6.07, 6.45) is -2.93. The summed E-state index contributed by atoms with van der Waals surface area (Å²) in [6.45, 7) is -0.00576. The number of aliphatic hydroxyl groups is 3. The second kappa shape index (κ2) is 7.45. The molecule has 0 amide bonds. The number of aromatic nitrogens is 2. The number of aliphatic hydroxyl groups excluding tert-OH is 3. The maximum absolute atomic E-state index is 12.1. The highest BCUT2D eigenvalue weighted by molar-refractivity contribution is 5.75. The molecule has 11 heteroatoms. The van der Waals surface area contributed by atoms with Crippen molar-refractivity contribution in [3.8, 4) is 0 Å². The lowest BCUT2D eigenvalue weighted by Crippen LogP contribution is -2.36. The summed E-state index contributed by atoms with van der Waals surface area (Å²) in [4.78, 5) is 32.3. The van der Waals surface area contributed by atoms with E-state index in [4.69, 9.17) is 19.4 Å². The zero-order chi connectivity index (χ0) is 18.0. The third-order valence-corrected chi connectivity index (χ3v) is 4.07. The lowest BCUT2D eigenvalue weighted by Gasteiger charge is -2.17. The second-order valence-corrected chi connectivity index (χ2v) is 5.76. The topological polar surface area (TPSA) is 152 Å². The summed E-state index contributed by atoms with van der Waals surface area (Å²) in [6, 6.07) is 1.33. The molecule has 1 aromatic rings. The highest BCUT2D eigenvalue weighted by Crippen LogP contribution is 2.28. The smallest absolute Gasteiger partial charge is 0.360 e. The van der Waals surface area contributed by atoms with Gasteiger partial charge in [-0.05, 0) is 12.8 Å². The summed E-state index contributed by atoms with van der Waals surface area (Å²) < 4.78 is 11.4. The first-order valence-electron chi connectivity index (χ1n) is 7.81. The number of carbonyl (C=O) groups is 1. The molecule has 0 spiro atoms. The number of hydrogen-bond acceptors (Lipinski definition) is 10. The maximum atomic E-state index is 12.1. The molecule has 0 aromatic carbocycles. The monoisotopic (exact) mass is 357 g/mol. The minimum absolute atomic E-state index is 0.0145. The molecule has 5 atom stereocenters. The fraction of sp³-hybridized carbons (Fsp3) is 0.643. The van der Waals surface area contributed by atoms with Crippen LogP contribution in [0.15, 0.2) is 17.1 Å². The number of hydrogen-bond donors (Lipinski definition) is 4. The van der Waals surface area contributed by atoms with E-state index in [2.05, 4.69) is 10.5 Å². The van der Waals surface area contributed by atoms with Gasteiger partial charge in [0.15, 0.2) is 18.1 Å². The minimum atomic E-state index is -1.40. The average molecular weight is 357 g/mol. The average Bonchev–Trinajstić information content (AvgIpc) is 3.23. The Labute approximate surface area is 141 Å². The molecule has 0 saturated carbocycles. The Morgan fingerprint density at radius 2 is 2.24 bits per heavy atom. The van der Waals surface area contributed by atoms with Crippen molar-refractivity contribution in [3.63, 3.8) is 0 Å². The molecule has 3 rings (SSSR count). The van der Waals surface area contributed by atoms with Crippen LogP contribution in [0.3, 0.4) is 0 Å². The Morgan fingerprint density at radius 1 is 1.44 bits per heavy atom. The van der Waals surface area contributed by atoms with Crippen molar-refractivity contribution in [3.05, 3.63) is 22.7 Å². The van der Waals surface area contributed by atoms with Crippen molar-refractivity contribution in [1.82, 2.24) is 9.55 Å². The first-order valence-corrected chi connectivity index (χ1v) is 7.81. The normalized spacial score (nSPS) is 31.9. The van der Waals surface area contributed by atoms with E-state index in [-0.39, 0.29) is 5.82 Å². The van der Waals surface area contributed by atoms with Crippen LogP contribution < -0.4 is 11.2 Å². The molecule has 25 heavy (non-hydrogen) atoms. The van der Waals surface area contributed by atoms with Gasteiger partial charge in [0, 0.05) is 18.9 Å². The molecule has 0 unspecified atom stereocenters. The van der Waals surface area contributed by atoms with E-state index in [1.165, 1.54) is 12.3 Å². The Bertz CT molecular complexity index is 674. The van der Waals surface area contributed by atoms with E-state index in [0.717, 1.165) is 11.0 Å². The van der Waals surface area contributed by atoms with Gasteiger partial charge < -0.3 is 29.6 Å². The number of carbonyl (C=O) groups excluding carboxylic acids is 1. The van der Waals surface area contributed by atoms with Crippen LogP contribution in [-0.2, 0) is 19.1 Å². The van der Waals surface area contributed by atoms with Gasteiger partial charge >= 0.3 is 11.7 Å². The first kappa shape index (κ1) is 17.8. The standard InChI is InChI=1S/C14H19N3O8/c18-6-8-10(19)11(20)12(24-8)17-4-3-9(15-14(17)22)16-25-13(21)7-2-1-5-23-7/h3-4,7-8,10-12,18-20H,1-2,5-6H2,(H,15,16,22)/t7-,8+,10+,11+,12+/m0/s1. The Kier molecular flexibility index (Phi) is 5.30. The predicted octanol–water partition coefficient (Wildman–Crippen LogP) is -2.10. The minimum Gasteiger partial charge on any atom is -0.394 e. The molecule has 0 aliphatic carbocycles. The number of nitrogens with one attached hydrogen (secondary N) is 1. The molecule has 3 heterocycles. The summed E-state index contributed by atoms with van der Waals surface area (Å²) >= 11 is 0. The summed E-state index contributed by atoms with van der Waals surface area (Å²) in [5.74, 6) is -0.619. The van der Waals surface area contributed by atoms with E-state index in [0.29, 0.717) is 13.0 Å². The van der Waals surface area contributed by atoms with Gasteiger partial charge in [-0.3, -0.25) is 4.57 Å². The van der Waals surface area contributed by atoms with Gasteiger partial charge in [-0.1, -0.05) is 0 Å².